The maximum Gasteiger partial charge on any atom is 0.297 e. The van der Waals surface area contributed by atoms with Crippen LogP contribution in [0.2, 0.25) is 0 Å². The van der Waals surface area contributed by atoms with E-state index in [2.05, 4.69) is 10.3 Å². The van der Waals surface area contributed by atoms with Crippen molar-refractivity contribution in [1.29, 1.82) is 0 Å². The fraction of sp³-hybridized carbons (Fsp3) is 0.235. The molecule has 0 aliphatic carbocycles. The van der Waals surface area contributed by atoms with Crippen LogP contribution in [0.25, 0.3) is 11.0 Å². The Bertz CT molecular complexity index is 1200. The molecule has 0 bridgehead atoms. The zero-order valence-corrected chi connectivity index (χ0v) is 17.1. The number of hydrogen-bond acceptors (Lipinski definition) is 7. The third kappa shape index (κ3) is 4.09. The fourth-order valence-electron chi connectivity index (χ4n) is 2.52. The SMILES string of the molecule is Cn1c(=O)c(F)c(Nc2ccc(I)cc2F)c2c(=O)n(OCC(O)CO)cnc21. The van der Waals surface area contributed by atoms with Gasteiger partial charge in [0, 0.05) is 10.6 Å². The molecule has 0 saturated carbocycles. The van der Waals surface area contributed by atoms with Gasteiger partial charge in [-0.25, -0.2) is 9.37 Å². The summed E-state index contributed by atoms with van der Waals surface area (Å²) >= 11 is 1.90. The number of benzene rings is 1. The quantitative estimate of drug-likeness (QED) is 0.406. The molecule has 0 amide bonds. The summed E-state index contributed by atoms with van der Waals surface area (Å²) in [6.07, 6.45) is -0.311. The maximum atomic E-state index is 14.8. The zero-order chi connectivity index (χ0) is 21.3. The zero-order valence-electron chi connectivity index (χ0n) is 14.9. The van der Waals surface area contributed by atoms with Crippen LogP contribution in [-0.4, -0.2) is 43.8 Å². The van der Waals surface area contributed by atoms with Crippen molar-refractivity contribution in [2.75, 3.05) is 18.5 Å². The van der Waals surface area contributed by atoms with Gasteiger partial charge in [0.2, 0.25) is 5.82 Å². The monoisotopic (exact) mass is 520 g/mol. The second-order valence-corrected chi connectivity index (χ2v) is 7.25. The number of anilines is 2. The highest BCUT2D eigenvalue weighted by Gasteiger charge is 2.22. The van der Waals surface area contributed by atoms with E-state index in [1.165, 1.54) is 19.2 Å². The van der Waals surface area contributed by atoms with Crippen LogP contribution in [0.5, 0.6) is 0 Å². The number of nitrogens with zero attached hydrogens (tertiary/aromatic N) is 3. The summed E-state index contributed by atoms with van der Waals surface area (Å²) in [5.41, 5.74) is -2.82. The number of aromatic nitrogens is 3. The average Bonchev–Trinajstić information content (AvgIpc) is 2.70. The van der Waals surface area contributed by atoms with Crippen LogP contribution in [0.4, 0.5) is 20.2 Å². The predicted molar refractivity (Wildman–Crippen MR) is 108 cm³/mol. The molecule has 12 heteroatoms. The lowest BCUT2D eigenvalue weighted by molar-refractivity contribution is -0.00415. The van der Waals surface area contributed by atoms with Crippen molar-refractivity contribution in [3.05, 3.63) is 60.4 Å². The van der Waals surface area contributed by atoms with Crippen molar-refractivity contribution in [1.82, 2.24) is 14.3 Å². The first kappa shape index (κ1) is 21.1. The molecule has 0 spiro atoms. The second kappa shape index (κ2) is 8.42. The minimum Gasteiger partial charge on any atom is -0.406 e. The van der Waals surface area contributed by atoms with Gasteiger partial charge in [-0.2, -0.15) is 4.39 Å². The van der Waals surface area contributed by atoms with Gasteiger partial charge in [0.25, 0.3) is 11.1 Å². The minimum absolute atomic E-state index is 0.148. The van der Waals surface area contributed by atoms with Crippen molar-refractivity contribution < 1.29 is 23.8 Å². The molecule has 0 aliphatic heterocycles. The second-order valence-electron chi connectivity index (χ2n) is 6.01. The van der Waals surface area contributed by atoms with Gasteiger partial charge < -0.3 is 20.4 Å². The molecule has 29 heavy (non-hydrogen) atoms. The third-order valence-electron chi connectivity index (χ3n) is 4.01. The van der Waals surface area contributed by atoms with Crippen LogP contribution < -0.4 is 21.3 Å². The molecule has 9 nitrogen and oxygen atoms in total. The summed E-state index contributed by atoms with van der Waals surface area (Å²) in [4.78, 5) is 34.0. The Labute approximate surface area is 175 Å². The van der Waals surface area contributed by atoms with Gasteiger partial charge in [-0.1, -0.05) is 0 Å². The summed E-state index contributed by atoms with van der Waals surface area (Å²) < 4.78 is 31.1. The Morgan fingerprint density at radius 2 is 2.03 bits per heavy atom. The van der Waals surface area contributed by atoms with E-state index in [0.717, 1.165) is 10.9 Å². The number of aliphatic hydroxyl groups is 2. The van der Waals surface area contributed by atoms with E-state index in [1.807, 2.05) is 22.6 Å². The van der Waals surface area contributed by atoms with E-state index in [1.54, 1.807) is 6.07 Å². The normalized spacial score (nSPS) is 12.2. The molecule has 3 rings (SSSR count). The minimum atomic E-state index is -1.30. The first-order valence-electron chi connectivity index (χ1n) is 8.18. The molecule has 2 aromatic heterocycles. The van der Waals surface area contributed by atoms with Crippen molar-refractivity contribution in [2.45, 2.75) is 6.10 Å². The Kier molecular flexibility index (Phi) is 6.14. The number of nitrogens with one attached hydrogen (secondary N) is 1. The van der Waals surface area contributed by atoms with Crippen LogP contribution in [0.1, 0.15) is 0 Å². The first-order chi connectivity index (χ1) is 13.7. The molecule has 2 heterocycles. The van der Waals surface area contributed by atoms with Crippen molar-refractivity contribution in [2.24, 2.45) is 7.05 Å². The number of hydrogen-bond donors (Lipinski definition) is 3. The highest BCUT2D eigenvalue weighted by atomic mass is 127. The van der Waals surface area contributed by atoms with E-state index in [0.29, 0.717) is 8.30 Å². The van der Waals surface area contributed by atoms with Gasteiger partial charge in [-0.15, -0.1) is 4.73 Å². The van der Waals surface area contributed by atoms with E-state index in [9.17, 15) is 23.5 Å². The van der Waals surface area contributed by atoms with Crippen molar-refractivity contribution in [3.63, 3.8) is 0 Å². The van der Waals surface area contributed by atoms with Gasteiger partial charge in [0.15, 0.2) is 5.65 Å². The standard InChI is InChI=1S/C17H15F2IN4O5/c1-23-15-12(16(27)24(7-21-15)29-6-9(26)5-25)14(13(19)17(23)28)22-11-3-2-8(20)4-10(11)18/h2-4,7,9,22,25-26H,5-6H2,1H3. The number of halogens is 3. The topological polar surface area (TPSA) is 119 Å². The summed E-state index contributed by atoms with van der Waals surface area (Å²) in [6, 6.07) is 4.09. The summed E-state index contributed by atoms with van der Waals surface area (Å²) in [5.74, 6) is -2.01. The fourth-order valence-corrected chi connectivity index (χ4v) is 2.97. The van der Waals surface area contributed by atoms with Crippen LogP contribution in [0.15, 0.2) is 34.1 Å². The molecule has 0 radical (unpaired) electrons. The van der Waals surface area contributed by atoms with Crippen LogP contribution in [0.3, 0.4) is 0 Å². The molecule has 1 atom stereocenters. The summed E-state index contributed by atoms with van der Waals surface area (Å²) in [7, 11) is 1.23. The summed E-state index contributed by atoms with van der Waals surface area (Å²) in [6.45, 7) is -1.04. The van der Waals surface area contributed by atoms with Gasteiger partial charge in [0.1, 0.15) is 30.2 Å². The highest BCUT2D eigenvalue weighted by molar-refractivity contribution is 14.1. The largest absolute Gasteiger partial charge is 0.406 e. The van der Waals surface area contributed by atoms with Gasteiger partial charge >= 0.3 is 0 Å². The third-order valence-corrected chi connectivity index (χ3v) is 4.68. The van der Waals surface area contributed by atoms with Gasteiger partial charge in [-0.05, 0) is 40.8 Å². The predicted octanol–water partition coefficient (Wildman–Crippen LogP) is 0.503. The molecular weight excluding hydrogens is 505 g/mol. The lowest BCUT2D eigenvalue weighted by atomic mass is 10.2. The Morgan fingerprint density at radius 1 is 1.31 bits per heavy atom. The van der Waals surface area contributed by atoms with E-state index >= 15 is 0 Å². The molecule has 1 aromatic carbocycles. The molecule has 0 aliphatic rings. The number of pyridine rings is 1. The van der Waals surface area contributed by atoms with Crippen LogP contribution >= 0.6 is 22.6 Å². The summed E-state index contributed by atoms with van der Waals surface area (Å²) in [5, 5.41) is 20.3. The van der Waals surface area contributed by atoms with Crippen molar-refractivity contribution >= 4 is 45.0 Å². The van der Waals surface area contributed by atoms with Gasteiger partial charge in [0.05, 0.1) is 18.0 Å². The smallest absolute Gasteiger partial charge is 0.297 e. The number of aliphatic hydroxyl groups excluding tert-OH is 2. The lowest BCUT2D eigenvalue weighted by Gasteiger charge is -2.15. The molecule has 3 N–H and O–H groups in total. The van der Waals surface area contributed by atoms with Crippen LogP contribution in [0, 0.1) is 15.2 Å². The molecule has 154 valence electrons. The molecule has 0 fully saturated rings. The molecule has 3 aromatic rings. The molecule has 0 saturated heterocycles. The maximum absolute atomic E-state index is 14.8. The Balaban J connectivity index is 2.21. The Hall–Kier alpha value is -2.58. The van der Waals surface area contributed by atoms with E-state index in [-0.39, 0.29) is 16.7 Å². The van der Waals surface area contributed by atoms with E-state index in [4.69, 9.17) is 9.94 Å². The first-order valence-corrected chi connectivity index (χ1v) is 9.26. The van der Waals surface area contributed by atoms with Crippen LogP contribution in [-0.2, 0) is 7.05 Å². The average molecular weight is 520 g/mol. The number of aryl methyl sites for hydroxylation is 1. The molecular formula is C17H15F2IN4O5. The van der Waals surface area contributed by atoms with E-state index < -0.39 is 47.8 Å². The molecule has 1 unspecified atom stereocenters. The highest BCUT2D eigenvalue weighted by Crippen LogP contribution is 2.26. The van der Waals surface area contributed by atoms with Crippen molar-refractivity contribution in [3.8, 4) is 0 Å². The lowest BCUT2D eigenvalue weighted by Crippen LogP contribution is -2.35. The number of rotatable bonds is 6. The van der Waals surface area contributed by atoms with Gasteiger partial charge in [-0.3, -0.25) is 14.2 Å². The number of fused-ring (bicyclic) bond motifs is 1. The Morgan fingerprint density at radius 3 is 2.69 bits per heavy atom.